The van der Waals surface area contributed by atoms with E-state index < -0.39 is 12.4 Å². The standard InChI is InChI=1S/C10H7N3O2/c1-2-7-3-5-8(6-4-7)13-9(14)11-12-10(13)15/h1,3-6,9,14H. The van der Waals surface area contributed by atoms with Gasteiger partial charge in [-0.1, -0.05) is 11.0 Å². The van der Waals surface area contributed by atoms with Crippen LogP contribution in [0, 0.1) is 12.3 Å². The Balaban J connectivity index is 2.31. The largest absolute Gasteiger partial charge is 0.370 e. The Labute approximate surface area is 86.0 Å². The Bertz CT molecular complexity index is 459. The Hall–Kier alpha value is -2.19. The minimum absolute atomic E-state index is 0.511. The molecule has 2 rings (SSSR count). The first-order chi connectivity index (χ1) is 7.22. The number of anilines is 1. The minimum atomic E-state index is -1.24. The molecule has 1 atom stereocenters. The van der Waals surface area contributed by atoms with Crippen LogP contribution in [-0.2, 0) is 0 Å². The van der Waals surface area contributed by atoms with Gasteiger partial charge in [0, 0.05) is 5.56 Å². The fourth-order valence-electron chi connectivity index (χ4n) is 1.26. The Morgan fingerprint density at radius 2 is 2.07 bits per heavy atom. The van der Waals surface area contributed by atoms with Gasteiger partial charge < -0.3 is 5.11 Å². The number of benzene rings is 1. The van der Waals surface area contributed by atoms with Crippen LogP contribution in [0.5, 0.6) is 0 Å². The van der Waals surface area contributed by atoms with Crippen LogP contribution in [-0.4, -0.2) is 17.5 Å². The Kier molecular flexibility index (Phi) is 2.20. The van der Waals surface area contributed by atoms with Crippen molar-refractivity contribution in [2.45, 2.75) is 6.35 Å². The zero-order valence-electron chi connectivity index (χ0n) is 7.66. The highest BCUT2D eigenvalue weighted by molar-refractivity contribution is 5.93. The fraction of sp³-hybridized carbons (Fsp3) is 0.100. The van der Waals surface area contributed by atoms with Crippen molar-refractivity contribution in [3.63, 3.8) is 0 Å². The summed E-state index contributed by atoms with van der Waals surface area (Å²) in [6.45, 7) is 0. The number of azo groups is 1. The molecule has 0 bridgehead atoms. The first kappa shape index (κ1) is 9.37. The third-order valence-corrected chi connectivity index (χ3v) is 2.00. The average molecular weight is 201 g/mol. The van der Waals surface area contributed by atoms with Crippen molar-refractivity contribution in [3.05, 3.63) is 29.8 Å². The highest BCUT2D eigenvalue weighted by Crippen LogP contribution is 2.22. The number of carbonyl (C=O) groups is 1. The Morgan fingerprint density at radius 3 is 2.53 bits per heavy atom. The van der Waals surface area contributed by atoms with Gasteiger partial charge in [-0.05, 0) is 24.3 Å². The topological polar surface area (TPSA) is 65.3 Å². The second-order valence-electron chi connectivity index (χ2n) is 2.91. The number of nitrogens with zero attached hydrogens (tertiary/aromatic N) is 3. The van der Waals surface area contributed by atoms with Crippen molar-refractivity contribution in [3.8, 4) is 12.3 Å². The lowest BCUT2D eigenvalue weighted by Gasteiger charge is -2.16. The molecule has 5 nitrogen and oxygen atoms in total. The fourth-order valence-corrected chi connectivity index (χ4v) is 1.26. The molecule has 1 aromatic carbocycles. The predicted octanol–water partition coefficient (Wildman–Crippen LogP) is 1.34. The quantitative estimate of drug-likeness (QED) is 0.696. The maximum absolute atomic E-state index is 11.2. The molecule has 15 heavy (non-hydrogen) atoms. The molecule has 1 aliphatic heterocycles. The van der Waals surface area contributed by atoms with Gasteiger partial charge in [-0.15, -0.1) is 11.5 Å². The van der Waals surface area contributed by atoms with Crippen molar-refractivity contribution in [1.29, 1.82) is 0 Å². The number of hydrogen-bond donors (Lipinski definition) is 1. The van der Waals surface area contributed by atoms with Gasteiger partial charge in [0.25, 0.3) is 6.35 Å². The van der Waals surface area contributed by atoms with Crippen molar-refractivity contribution >= 4 is 11.7 Å². The molecule has 0 radical (unpaired) electrons. The van der Waals surface area contributed by atoms with Crippen molar-refractivity contribution < 1.29 is 9.90 Å². The van der Waals surface area contributed by atoms with Gasteiger partial charge in [0.05, 0.1) is 5.69 Å². The SMILES string of the molecule is C#Cc1ccc(N2C(=O)N=NC2O)cc1. The molecule has 0 fully saturated rings. The molecule has 1 aromatic rings. The van der Waals surface area contributed by atoms with Crippen LogP contribution in [0.25, 0.3) is 0 Å². The summed E-state index contributed by atoms with van der Waals surface area (Å²) < 4.78 is 0. The summed E-state index contributed by atoms with van der Waals surface area (Å²) in [5.41, 5.74) is 1.21. The molecule has 0 saturated heterocycles. The van der Waals surface area contributed by atoms with E-state index >= 15 is 0 Å². The number of hydrogen-bond acceptors (Lipinski definition) is 3. The van der Waals surface area contributed by atoms with Crippen LogP contribution in [0.4, 0.5) is 10.5 Å². The van der Waals surface area contributed by atoms with Crippen molar-refractivity contribution in [1.82, 2.24) is 0 Å². The van der Waals surface area contributed by atoms with Crippen LogP contribution < -0.4 is 4.90 Å². The van der Waals surface area contributed by atoms with E-state index in [1.54, 1.807) is 24.3 Å². The number of carbonyl (C=O) groups excluding carboxylic acids is 1. The van der Waals surface area contributed by atoms with E-state index in [0.29, 0.717) is 11.3 Å². The molecule has 0 spiro atoms. The number of rotatable bonds is 1. The highest BCUT2D eigenvalue weighted by atomic mass is 16.3. The van der Waals surface area contributed by atoms with E-state index in [2.05, 4.69) is 16.1 Å². The minimum Gasteiger partial charge on any atom is -0.353 e. The summed E-state index contributed by atoms with van der Waals surface area (Å²) >= 11 is 0. The molecule has 0 aromatic heterocycles. The Morgan fingerprint density at radius 1 is 1.40 bits per heavy atom. The van der Waals surface area contributed by atoms with Crippen molar-refractivity contribution in [2.24, 2.45) is 10.2 Å². The van der Waals surface area contributed by atoms with Gasteiger partial charge in [0.2, 0.25) is 0 Å². The third-order valence-electron chi connectivity index (χ3n) is 2.00. The van der Waals surface area contributed by atoms with Crippen LogP contribution >= 0.6 is 0 Å². The normalized spacial score (nSPS) is 19.3. The summed E-state index contributed by atoms with van der Waals surface area (Å²) in [4.78, 5) is 12.3. The molecular formula is C10H7N3O2. The molecule has 5 heteroatoms. The van der Waals surface area contributed by atoms with Gasteiger partial charge in [-0.3, -0.25) is 0 Å². The van der Waals surface area contributed by atoms with Gasteiger partial charge in [-0.25, -0.2) is 9.69 Å². The van der Waals surface area contributed by atoms with Crippen molar-refractivity contribution in [2.75, 3.05) is 4.90 Å². The number of amides is 2. The monoisotopic (exact) mass is 201 g/mol. The molecule has 1 N–H and O–H groups in total. The third kappa shape index (κ3) is 1.58. The first-order valence-electron chi connectivity index (χ1n) is 4.21. The van der Waals surface area contributed by atoms with E-state index in [0.717, 1.165) is 4.90 Å². The van der Waals surface area contributed by atoms with Gasteiger partial charge in [0.1, 0.15) is 0 Å². The van der Waals surface area contributed by atoms with Crippen LogP contribution in [0.3, 0.4) is 0 Å². The van der Waals surface area contributed by atoms with Gasteiger partial charge in [0.15, 0.2) is 0 Å². The summed E-state index contributed by atoms with van der Waals surface area (Å²) in [6, 6.07) is 6.02. The van der Waals surface area contributed by atoms with E-state index in [1.807, 2.05) is 0 Å². The molecule has 0 aliphatic carbocycles. The van der Waals surface area contributed by atoms with Crippen LogP contribution in [0.1, 0.15) is 5.56 Å². The second kappa shape index (κ2) is 3.52. The summed E-state index contributed by atoms with van der Waals surface area (Å²) in [6.07, 6.45) is 3.95. The molecule has 1 aliphatic rings. The maximum atomic E-state index is 11.2. The highest BCUT2D eigenvalue weighted by Gasteiger charge is 2.28. The number of aliphatic hydroxyl groups is 1. The second-order valence-corrected chi connectivity index (χ2v) is 2.91. The van der Waals surface area contributed by atoms with Gasteiger partial charge >= 0.3 is 6.03 Å². The zero-order valence-corrected chi connectivity index (χ0v) is 7.66. The lowest BCUT2D eigenvalue weighted by Crippen LogP contribution is -2.32. The van der Waals surface area contributed by atoms with E-state index in [4.69, 9.17) is 6.42 Å². The number of terminal acetylenes is 1. The summed E-state index contributed by atoms with van der Waals surface area (Å²) in [5.74, 6) is 2.45. The maximum Gasteiger partial charge on any atom is 0.370 e. The van der Waals surface area contributed by atoms with E-state index in [1.165, 1.54) is 0 Å². The lowest BCUT2D eigenvalue weighted by atomic mass is 10.2. The summed E-state index contributed by atoms with van der Waals surface area (Å²) in [5, 5.41) is 15.9. The number of urea groups is 1. The first-order valence-corrected chi connectivity index (χ1v) is 4.21. The van der Waals surface area contributed by atoms with Crippen LogP contribution in [0.15, 0.2) is 34.5 Å². The summed E-state index contributed by atoms with van der Waals surface area (Å²) in [7, 11) is 0. The van der Waals surface area contributed by atoms with Gasteiger partial charge in [-0.2, -0.15) is 0 Å². The molecule has 1 heterocycles. The molecule has 1 unspecified atom stereocenters. The molecule has 2 amide bonds. The zero-order chi connectivity index (χ0) is 10.8. The van der Waals surface area contributed by atoms with Crippen LogP contribution in [0.2, 0.25) is 0 Å². The molecular weight excluding hydrogens is 194 g/mol. The predicted molar refractivity (Wildman–Crippen MR) is 53.1 cm³/mol. The van der Waals surface area contributed by atoms with E-state index in [-0.39, 0.29) is 0 Å². The lowest BCUT2D eigenvalue weighted by molar-refractivity contribution is 0.188. The average Bonchev–Trinajstić information content (AvgIpc) is 2.59. The number of aliphatic hydroxyl groups excluding tert-OH is 1. The smallest absolute Gasteiger partial charge is 0.353 e. The van der Waals surface area contributed by atoms with E-state index in [9.17, 15) is 9.90 Å². The molecule has 0 saturated carbocycles. The molecule has 74 valence electrons.